The van der Waals surface area contributed by atoms with Gasteiger partial charge in [-0.1, -0.05) is 83.9 Å². The van der Waals surface area contributed by atoms with Crippen molar-refractivity contribution in [3.8, 4) is 0 Å². The van der Waals surface area contributed by atoms with Crippen LogP contribution in [0.1, 0.15) is 40.5 Å². The van der Waals surface area contributed by atoms with Gasteiger partial charge in [0.1, 0.15) is 0 Å². The predicted molar refractivity (Wildman–Crippen MR) is 186 cm³/mol. The van der Waals surface area contributed by atoms with Crippen molar-refractivity contribution in [2.24, 2.45) is 0 Å². The topological polar surface area (TPSA) is 0 Å². The van der Waals surface area contributed by atoms with Crippen molar-refractivity contribution < 1.29 is 0 Å². The van der Waals surface area contributed by atoms with Crippen LogP contribution in [0.4, 0.5) is 0 Å². The number of unbranched alkanes of at least 4 members (excludes halogenated alkanes) is 1. The monoisotopic (exact) mass is 564 g/mol. The number of hydrogen-bond acceptors (Lipinski definition) is 0. The Kier molecular flexibility index (Phi) is 11.1. The number of allylic oxidation sites excluding steroid dienone is 4. The van der Waals surface area contributed by atoms with Gasteiger partial charge < -0.3 is 0 Å². The van der Waals surface area contributed by atoms with Crippen LogP contribution in [0.5, 0.6) is 0 Å². The fourth-order valence-electron chi connectivity index (χ4n) is 5.71. The van der Waals surface area contributed by atoms with Gasteiger partial charge in [0.15, 0.2) is 0 Å². The lowest BCUT2D eigenvalue weighted by Gasteiger charge is -2.29. The second kappa shape index (κ2) is 14.7. The van der Waals surface area contributed by atoms with E-state index in [0.29, 0.717) is 0 Å². The van der Waals surface area contributed by atoms with E-state index in [2.05, 4.69) is 161 Å². The third-order valence-corrected chi connectivity index (χ3v) is 16.9. The second-order valence-corrected chi connectivity index (χ2v) is 18.9. The molecule has 40 heavy (non-hydrogen) atoms. The Labute approximate surface area is 245 Å². The van der Waals surface area contributed by atoms with Crippen molar-refractivity contribution in [1.82, 2.24) is 0 Å². The molecule has 4 aromatic rings. The van der Waals surface area contributed by atoms with Crippen molar-refractivity contribution in [2.75, 3.05) is 24.6 Å². The summed E-state index contributed by atoms with van der Waals surface area (Å²) >= 11 is 0. The highest BCUT2D eigenvalue weighted by atomic mass is 31.2. The highest BCUT2D eigenvalue weighted by Crippen LogP contribution is 2.60. The summed E-state index contributed by atoms with van der Waals surface area (Å²) in [6.45, 7) is 8.97. The van der Waals surface area contributed by atoms with E-state index in [1.165, 1.54) is 57.5 Å². The first-order valence-corrected chi connectivity index (χ1v) is 19.0. The van der Waals surface area contributed by atoms with Crippen LogP contribution in [0.15, 0.2) is 145 Å². The number of hydrogen-bond donors (Lipinski definition) is 0. The molecule has 0 amide bonds. The first-order valence-electron chi connectivity index (χ1n) is 14.7. The smallest absolute Gasteiger partial charge is 0.0768 e. The molecule has 0 radical (unpaired) electrons. The Hall–Kier alpha value is -2.78. The second-order valence-electron chi connectivity index (χ2n) is 11.4. The van der Waals surface area contributed by atoms with Crippen molar-refractivity contribution in [3.05, 3.63) is 145 Å². The van der Waals surface area contributed by atoms with Crippen LogP contribution in [0, 0.1) is 0 Å². The van der Waals surface area contributed by atoms with Crippen molar-refractivity contribution in [1.29, 1.82) is 0 Å². The molecule has 0 aromatic heterocycles. The van der Waals surface area contributed by atoms with E-state index in [-0.39, 0.29) is 0 Å². The fraction of sp³-hybridized carbons (Fsp3) is 0.263. The minimum absolute atomic E-state index is 1.14. The van der Waals surface area contributed by atoms with Gasteiger partial charge >= 0.3 is 0 Å². The molecule has 0 atom stereocenters. The molecule has 4 rings (SSSR count). The zero-order valence-electron chi connectivity index (χ0n) is 24.8. The molecule has 0 aliphatic carbocycles. The first-order chi connectivity index (χ1) is 19.5. The molecular weight excluding hydrogens is 518 g/mol. The molecule has 2 heteroatoms. The SMILES string of the molecule is CC(C)=CC[P+](CCCC[P+](CC=C(C)C)(c1ccccc1)c1ccccc1)(c1ccccc1)c1ccccc1. The van der Waals surface area contributed by atoms with Gasteiger partial charge in [-0.3, -0.25) is 0 Å². The van der Waals surface area contributed by atoms with Gasteiger partial charge in [-0.05, 0) is 101 Å². The van der Waals surface area contributed by atoms with Crippen LogP contribution in [-0.4, -0.2) is 24.6 Å². The zero-order valence-corrected chi connectivity index (χ0v) is 26.6. The Morgan fingerprint density at radius 3 is 0.900 bits per heavy atom. The molecular formula is C38H46P2+2. The van der Waals surface area contributed by atoms with E-state index >= 15 is 0 Å². The quantitative estimate of drug-likeness (QED) is 0.0863. The maximum Gasteiger partial charge on any atom is 0.0995 e. The Morgan fingerprint density at radius 1 is 0.425 bits per heavy atom. The molecule has 0 fully saturated rings. The molecule has 0 N–H and O–H groups in total. The molecule has 4 aromatic carbocycles. The van der Waals surface area contributed by atoms with Gasteiger partial charge in [-0.15, -0.1) is 0 Å². The van der Waals surface area contributed by atoms with E-state index in [1.54, 1.807) is 0 Å². The van der Waals surface area contributed by atoms with Crippen LogP contribution >= 0.6 is 14.5 Å². The van der Waals surface area contributed by atoms with Gasteiger partial charge in [-0.2, -0.15) is 0 Å². The summed E-state index contributed by atoms with van der Waals surface area (Å²) in [4.78, 5) is 0. The summed E-state index contributed by atoms with van der Waals surface area (Å²) in [5.74, 6) is 0. The van der Waals surface area contributed by atoms with E-state index in [9.17, 15) is 0 Å². The van der Waals surface area contributed by atoms with Gasteiger partial charge in [0.25, 0.3) is 0 Å². The highest BCUT2D eigenvalue weighted by molar-refractivity contribution is 7.90. The van der Waals surface area contributed by atoms with E-state index < -0.39 is 14.5 Å². The zero-order chi connectivity index (χ0) is 28.3. The minimum atomic E-state index is -1.59. The standard InChI is InChI=1S/C38H46P2/c1-33(2)27-31-39(35-19-9-5-10-20-35,36-21-11-6-12-22-36)29-17-18-30-40(32-28-34(3)4,37-23-13-7-14-24-37)38-25-15-8-16-26-38/h5-16,19-28H,17-18,29-32H2,1-4H3/q+2. The summed E-state index contributed by atoms with van der Waals surface area (Å²) in [7, 11) is -3.18. The summed E-state index contributed by atoms with van der Waals surface area (Å²) in [6, 6.07) is 45.6. The van der Waals surface area contributed by atoms with Gasteiger partial charge in [0.2, 0.25) is 0 Å². The van der Waals surface area contributed by atoms with Crippen LogP contribution < -0.4 is 21.2 Å². The van der Waals surface area contributed by atoms with E-state index in [0.717, 1.165) is 12.3 Å². The molecule has 0 bridgehead atoms. The molecule has 0 saturated carbocycles. The van der Waals surface area contributed by atoms with Gasteiger partial charge in [0, 0.05) is 0 Å². The normalized spacial score (nSPS) is 11.6. The molecule has 206 valence electrons. The Balaban J connectivity index is 1.69. The van der Waals surface area contributed by atoms with Crippen LogP contribution in [0.3, 0.4) is 0 Å². The fourth-order valence-corrected chi connectivity index (χ4v) is 14.4. The van der Waals surface area contributed by atoms with Crippen molar-refractivity contribution in [2.45, 2.75) is 40.5 Å². The summed E-state index contributed by atoms with van der Waals surface area (Å²) < 4.78 is 0. The average molecular weight is 565 g/mol. The van der Waals surface area contributed by atoms with E-state index in [4.69, 9.17) is 0 Å². The first kappa shape index (κ1) is 30.2. The summed E-state index contributed by atoms with van der Waals surface area (Å²) in [6.07, 6.45) is 12.2. The van der Waals surface area contributed by atoms with Gasteiger partial charge in [0.05, 0.1) is 60.4 Å². The van der Waals surface area contributed by atoms with Gasteiger partial charge in [-0.25, -0.2) is 0 Å². The Bertz CT molecular complexity index is 1160. The number of rotatable bonds is 13. The Morgan fingerprint density at radius 2 is 0.675 bits per heavy atom. The average Bonchev–Trinajstić information content (AvgIpc) is 3.00. The summed E-state index contributed by atoms with van der Waals surface area (Å²) in [5.41, 5.74) is 2.83. The van der Waals surface area contributed by atoms with Crippen LogP contribution in [0.2, 0.25) is 0 Å². The highest BCUT2D eigenvalue weighted by Gasteiger charge is 2.44. The largest absolute Gasteiger partial charge is 0.0995 e. The molecule has 0 spiro atoms. The van der Waals surface area contributed by atoms with Crippen LogP contribution in [-0.2, 0) is 0 Å². The molecule has 0 aliphatic rings. The minimum Gasteiger partial charge on any atom is -0.0768 e. The molecule has 0 nitrogen and oxygen atoms in total. The van der Waals surface area contributed by atoms with Crippen LogP contribution in [0.25, 0.3) is 0 Å². The van der Waals surface area contributed by atoms with Crippen molar-refractivity contribution >= 4 is 35.7 Å². The maximum absolute atomic E-state index is 2.49. The lowest BCUT2D eigenvalue weighted by Crippen LogP contribution is -2.29. The molecule has 0 unspecified atom stereocenters. The third kappa shape index (κ3) is 7.49. The predicted octanol–water partition coefficient (Wildman–Crippen LogP) is 9.04. The van der Waals surface area contributed by atoms with Crippen molar-refractivity contribution in [3.63, 3.8) is 0 Å². The molecule has 0 heterocycles. The third-order valence-electron chi connectivity index (χ3n) is 7.95. The lowest BCUT2D eigenvalue weighted by atomic mass is 10.3. The molecule has 0 saturated heterocycles. The number of benzene rings is 4. The summed E-state index contributed by atoms with van der Waals surface area (Å²) in [5, 5.41) is 6.15. The lowest BCUT2D eigenvalue weighted by molar-refractivity contribution is 0.894. The molecule has 0 aliphatic heterocycles. The van der Waals surface area contributed by atoms with E-state index in [1.807, 2.05) is 0 Å². The maximum atomic E-state index is 2.49.